The molecule has 2 aromatic carbocycles. The molecule has 0 aliphatic carbocycles. The topological polar surface area (TPSA) is 47.6 Å². The molecule has 0 saturated heterocycles. The number of ether oxygens (including phenoxy) is 2. The molecular weight excluding hydrogens is 386 g/mol. The summed E-state index contributed by atoms with van der Waals surface area (Å²) < 4.78 is 11.9. The molecule has 2 aromatic rings. The van der Waals surface area contributed by atoms with Gasteiger partial charge >= 0.3 is 0 Å². The molecule has 4 nitrogen and oxygen atoms in total. The highest BCUT2D eigenvalue weighted by molar-refractivity contribution is 5.94. The number of carbonyl (C=O) groups is 1. The van der Waals surface area contributed by atoms with Crippen LogP contribution >= 0.6 is 0 Å². The van der Waals surface area contributed by atoms with E-state index in [1.165, 1.54) is 25.7 Å². The predicted molar refractivity (Wildman–Crippen MR) is 129 cm³/mol. The van der Waals surface area contributed by atoms with Crippen LogP contribution in [-0.4, -0.2) is 18.6 Å². The standard InChI is InChI=1S/C27H39NO3/c1-5-8-9-10-13-20-30-23-18-16-22(17-19-23)28-27(29)25(7-3)31-26-15-12-11-14-24(26)21(4)6-2/h11-12,14-19,21,25H,5-10,13,20H2,1-4H3,(H,28,29). The van der Waals surface area contributed by atoms with E-state index in [0.29, 0.717) is 12.3 Å². The van der Waals surface area contributed by atoms with Gasteiger partial charge in [0.25, 0.3) is 5.91 Å². The molecule has 0 aromatic heterocycles. The van der Waals surface area contributed by atoms with E-state index in [1.54, 1.807) is 0 Å². The van der Waals surface area contributed by atoms with Crippen molar-refractivity contribution in [2.45, 2.75) is 84.7 Å². The smallest absolute Gasteiger partial charge is 0.265 e. The number of benzene rings is 2. The average molecular weight is 426 g/mol. The molecule has 0 aliphatic rings. The SMILES string of the molecule is CCCCCCCOc1ccc(NC(=O)C(CC)Oc2ccccc2C(C)CC)cc1. The number of carbonyl (C=O) groups excluding carboxylic acids is 1. The quantitative estimate of drug-likeness (QED) is 0.322. The lowest BCUT2D eigenvalue weighted by Gasteiger charge is -2.21. The zero-order valence-corrected chi connectivity index (χ0v) is 19.7. The Morgan fingerprint density at radius 2 is 1.61 bits per heavy atom. The second kappa shape index (κ2) is 13.7. The molecule has 0 aliphatic heterocycles. The van der Waals surface area contributed by atoms with Crippen molar-refractivity contribution in [1.82, 2.24) is 0 Å². The van der Waals surface area contributed by atoms with E-state index in [-0.39, 0.29) is 5.91 Å². The highest BCUT2D eigenvalue weighted by Crippen LogP contribution is 2.29. The molecular formula is C27H39NO3. The molecule has 2 rings (SSSR count). The van der Waals surface area contributed by atoms with Gasteiger partial charge in [0.2, 0.25) is 0 Å². The van der Waals surface area contributed by atoms with Gasteiger partial charge in [-0.15, -0.1) is 0 Å². The van der Waals surface area contributed by atoms with Crippen LogP contribution in [0.1, 0.15) is 84.1 Å². The summed E-state index contributed by atoms with van der Waals surface area (Å²) in [5.74, 6) is 1.88. The van der Waals surface area contributed by atoms with Crippen molar-refractivity contribution in [3.8, 4) is 11.5 Å². The number of amides is 1. The highest BCUT2D eigenvalue weighted by Gasteiger charge is 2.21. The summed E-state index contributed by atoms with van der Waals surface area (Å²) in [5.41, 5.74) is 1.89. The van der Waals surface area contributed by atoms with Crippen LogP contribution in [0, 0.1) is 0 Å². The molecule has 2 atom stereocenters. The molecule has 31 heavy (non-hydrogen) atoms. The molecule has 0 heterocycles. The minimum atomic E-state index is -0.538. The van der Waals surface area contributed by atoms with Crippen molar-refractivity contribution in [3.05, 3.63) is 54.1 Å². The lowest BCUT2D eigenvalue weighted by atomic mass is 9.98. The number of anilines is 1. The molecule has 4 heteroatoms. The van der Waals surface area contributed by atoms with Gasteiger partial charge in [-0.05, 0) is 61.1 Å². The van der Waals surface area contributed by atoms with E-state index in [4.69, 9.17) is 9.47 Å². The number of hydrogen-bond donors (Lipinski definition) is 1. The van der Waals surface area contributed by atoms with Crippen molar-refractivity contribution in [1.29, 1.82) is 0 Å². The molecule has 1 amide bonds. The Labute approximate surface area is 188 Å². The summed E-state index contributed by atoms with van der Waals surface area (Å²) in [6, 6.07) is 15.6. The van der Waals surface area contributed by atoms with Crippen molar-refractivity contribution in [2.75, 3.05) is 11.9 Å². The van der Waals surface area contributed by atoms with Gasteiger partial charge < -0.3 is 14.8 Å². The van der Waals surface area contributed by atoms with Crippen LogP contribution in [0.2, 0.25) is 0 Å². The Bertz CT molecular complexity index is 772. The average Bonchev–Trinajstić information content (AvgIpc) is 2.80. The lowest BCUT2D eigenvalue weighted by Crippen LogP contribution is -2.32. The van der Waals surface area contributed by atoms with E-state index < -0.39 is 6.10 Å². The van der Waals surface area contributed by atoms with Crippen molar-refractivity contribution in [2.24, 2.45) is 0 Å². The van der Waals surface area contributed by atoms with Crippen LogP contribution in [0.5, 0.6) is 11.5 Å². The van der Waals surface area contributed by atoms with Crippen LogP contribution in [0.25, 0.3) is 0 Å². The van der Waals surface area contributed by atoms with Crippen LogP contribution in [0.15, 0.2) is 48.5 Å². The largest absolute Gasteiger partial charge is 0.494 e. The summed E-state index contributed by atoms with van der Waals surface area (Å²) in [6.07, 6.45) is 7.18. The van der Waals surface area contributed by atoms with Crippen molar-refractivity contribution >= 4 is 11.6 Å². The maximum atomic E-state index is 12.8. The van der Waals surface area contributed by atoms with Gasteiger partial charge in [-0.2, -0.15) is 0 Å². The zero-order chi connectivity index (χ0) is 22.5. The second-order valence-corrected chi connectivity index (χ2v) is 8.14. The van der Waals surface area contributed by atoms with Gasteiger partial charge in [-0.25, -0.2) is 0 Å². The maximum absolute atomic E-state index is 12.8. The van der Waals surface area contributed by atoms with Gasteiger partial charge in [-0.3, -0.25) is 4.79 Å². The lowest BCUT2D eigenvalue weighted by molar-refractivity contribution is -0.122. The van der Waals surface area contributed by atoms with Crippen molar-refractivity contribution < 1.29 is 14.3 Å². The molecule has 2 unspecified atom stereocenters. The van der Waals surface area contributed by atoms with Gasteiger partial charge in [-0.1, -0.05) is 71.6 Å². The fraction of sp³-hybridized carbons (Fsp3) is 0.519. The van der Waals surface area contributed by atoms with E-state index >= 15 is 0 Å². The first-order valence-corrected chi connectivity index (χ1v) is 11.9. The minimum Gasteiger partial charge on any atom is -0.494 e. The Morgan fingerprint density at radius 3 is 2.29 bits per heavy atom. The number of para-hydroxylation sites is 1. The number of unbranched alkanes of at least 4 members (excludes halogenated alkanes) is 4. The van der Waals surface area contributed by atoms with E-state index in [9.17, 15) is 4.79 Å². The summed E-state index contributed by atoms with van der Waals surface area (Å²) in [6.45, 7) is 9.26. The summed E-state index contributed by atoms with van der Waals surface area (Å²) in [4.78, 5) is 12.8. The van der Waals surface area contributed by atoms with Crippen LogP contribution < -0.4 is 14.8 Å². The molecule has 0 saturated carbocycles. The monoisotopic (exact) mass is 425 g/mol. The highest BCUT2D eigenvalue weighted by atomic mass is 16.5. The third-order valence-electron chi connectivity index (χ3n) is 5.63. The van der Waals surface area contributed by atoms with Gasteiger partial charge in [0.05, 0.1) is 6.61 Å². The van der Waals surface area contributed by atoms with Crippen LogP contribution in [0.4, 0.5) is 5.69 Å². The first kappa shape index (κ1) is 24.8. The number of nitrogens with one attached hydrogen (secondary N) is 1. The minimum absolute atomic E-state index is 0.133. The zero-order valence-electron chi connectivity index (χ0n) is 19.7. The molecule has 0 bridgehead atoms. The van der Waals surface area contributed by atoms with Crippen molar-refractivity contribution in [3.63, 3.8) is 0 Å². The number of hydrogen-bond acceptors (Lipinski definition) is 3. The third-order valence-corrected chi connectivity index (χ3v) is 5.63. The fourth-order valence-corrected chi connectivity index (χ4v) is 3.44. The Hall–Kier alpha value is -2.49. The first-order valence-electron chi connectivity index (χ1n) is 11.9. The predicted octanol–water partition coefficient (Wildman–Crippen LogP) is 7.35. The molecule has 170 valence electrons. The fourth-order valence-electron chi connectivity index (χ4n) is 3.44. The summed E-state index contributed by atoms with van der Waals surface area (Å²) >= 11 is 0. The molecule has 0 radical (unpaired) electrons. The Morgan fingerprint density at radius 1 is 0.903 bits per heavy atom. The first-order chi connectivity index (χ1) is 15.1. The molecule has 0 spiro atoms. The van der Waals surface area contributed by atoms with Gasteiger partial charge in [0.1, 0.15) is 11.5 Å². The van der Waals surface area contributed by atoms with Crippen LogP contribution in [-0.2, 0) is 4.79 Å². The summed E-state index contributed by atoms with van der Waals surface area (Å²) in [7, 11) is 0. The van der Waals surface area contributed by atoms with Gasteiger partial charge in [0.15, 0.2) is 6.10 Å². The van der Waals surface area contributed by atoms with Crippen LogP contribution in [0.3, 0.4) is 0 Å². The normalized spacial score (nSPS) is 12.8. The van der Waals surface area contributed by atoms with E-state index in [2.05, 4.69) is 32.2 Å². The Kier molecular flexibility index (Phi) is 11.0. The summed E-state index contributed by atoms with van der Waals surface area (Å²) in [5, 5.41) is 2.97. The van der Waals surface area contributed by atoms with E-state index in [1.807, 2.05) is 49.4 Å². The van der Waals surface area contributed by atoms with E-state index in [0.717, 1.165) is 42.2 Å². The molecule has 0 fully saturated rings. The molecule has 1 N–H and O–H groups in total. The Balaban J connectivity index is 1.88. The third kappa shape index (κ3) is 8.28. The second-order valence-electron chi connectivity index (χ2n) is 8.14. The van der Waals surface area contributed by atoms with Gasteiger partial charge in [0, 0.05) is 5.69 Å². The number of rotatable bonds is 14. The maximum Gasteiger partial charge on any atom is 0.265 e.